The minimum absolute atomic E-state index is 0.660. The summed E-state index contributed by atoms with van der Waals surface area (Å²) in [6.45, 7) is 5.38. The Bertz CT molecular complexity index is 108. The normalized spacial score (nSPS) is 28.4. The minimum atomic E-state index is 0.660. The van der Waals surface area contributed by atoms with Crippen LogP contribution in [0.15, 0.2) is 0 Å². The Morgan fingerprint density at radius 3 is 3.18 bits per heavy atom. The molecule has 0 amide bonds. The van der Waals surface area contributed by atoms with Gasteiger partial charge in [0.15, 0.2) is 0 Å². The molecule has 0 aromatic carbocycles. The molecule has 1 heterocycles. The van der Waals surface area contributed by atoms with Crippen molar-refractivity contribution in [1.29, 1.82) is 0 Å². The molecular weight excluding hydrogens is 140 g/mol. The van der Waals surface area contributed by atoms with Crippen LogP contribution in [0.25, 0.3) is 0 Å². The minimum Gasteiger partial charge on any atom is -0.384 e. The molecule has 3 heteroatoms. The van der Waals surface area contributed by atoms with E-state index < -0.39 is 0 Å². The van der Waals surface area contributed by atoms with E-state index in [0.29, 0.717) is 5.92 Å². The van der Waals surface area contributed by atoms with E-state index in [-0.39, 0.29) is 0 Å². The van der Waals surface area contributed by atoms with Crippen LogP contribution in [0.3, 0.4) is 0 Å². The number of nitrogens with zero attached hydrogens (tertiary/aromatic N) is 1. The van der Waals surface area contributed by atoms with Crippen LogP contribution in [0.2, 0.25) is 0 Å². The first kappa shape index (κ1) is 8.97. The summed E-state index contributed by atoms with van der Waals surface area (Å²) in [5.41, 5.74) is 0. The summed E-state index contributed by atoms with van der Waals surface area (Å²) < 4.78 is 5.12. The van der Waals surface area contributed by atoms with Crippen molar-refractivity contribution in [3.8, 4) is 0 Å². The van der Waals surface area contributed by atoms with E-state index in [9.17, 15) is 0 Å². The molecule has 1 fully saturated rings. The summed E-state index contributed by atoms with van der Waals surface area (Å²) in [6.07, 6.45) is 0. The second-order valence-electron chi connectivity index (χ2n) is 3.29. The van der Waals surface area contributed by atoms with Crippen LogP contribution in [-0.4, -0.2) is 51.8 Å². The van der Waals surface area contributed by atoms with E-state index in [1.54, 1.807) is 7.11 Å². The van der Waals surface area contributed by atoms with Crippen molar-refractivity contribution in [1.82, 2.24) is 10.2 Å². The van der Waals surface area contributed by atoms with Crippen molar-refractivity contribution in [2.75, 3.05) is 46.9 Å². The van der Waals surface area contributed by atoms with Crippen LogP contribution in [-0.2, 0) is 4.74 Å². The molecule has 1 rings (SSSR count). The predicted molar refractivity (Wildman–Crippen MR) is 45.7 cm³/mol. The highest BCUT2D eigenvalue weighted by Crippen LogP contribution is 2.01. The monoisotopic (exact) mass is 158 g/mol. The van der Waals surface area contributed by atoms with Gasteiger partial charge in [0.25, 0.3) is 0 Å². The third-order valence-electron chi connectivity index (χ3n) is 2.08. The van der Waals surface area contributed by atoms with E-state index in [4.69, 9.17) is 4.74 Å². The van der Waals surface area contributed by atoms with Gasteiger partial charge < -0.3 is 15.0 Å². The number of likely N-dealkylation sites (N-methyl/N-ethyl adjacent to an activating group) is 1. The van der Waals surface area contributed by atoms with Crippen LogP contribution in [0.4, 0.5) is 0 Å². The Balaban J connectivity index is 2.27. The SMILES string of the molecule is COC[C@H]1CNCCN(C)C1. The maximum atomic E-state index is 5.12. The topological polar surface area (TPSA) is 24.5 Å². The Morgan fingerprint density at radius 2 is 2.45 bits per heavy atom. The highest BCUT2D eigenvalue weighted by Gasteiger charge is 2.14. The molecule has 0 radical (unpaired) electrons. The highest BCUT2D eigenvalue weighted by atomic mass is 16.5. The lowest BCUT2D eigenvalue weighted by Gasteiger charge is -2.18. The van der Waals surface area contributed by atoms with Crippen LogP contribution in [0, 0.1) is 5.92 Å². The molecule has 66 valence electrons. The maximum Gasteiger partial charge on any atom is 0.0514 e. The standard InChI is InChI=1S/C8H18N2O/c1-10-4-3-9-5-8(6-10)7-11-2/h8-9H,3-7H2,1-2H3/t8-/m0/s1. The van der Waals surface area contributed by atoms with Crippen LogP contribution >= 0.6 is 0 Å². The molecule has 0 saturated carbocycles. The quantitative estimate of drug-likeness (QED) is 0.601. The van der Waals surface area contributed by atoms with Crippen molar-refractivity contribution < 1.29 is 4.74 Å². The molecule has 1 aliphatic rings. The predicted octanol–water partition coefficient (Wildman–Crippen LogP) is -0.216. The zero-order valence-corrected chi connectivity index (χ0v) is 7.47. The van der Waals surface area contributed by atoms with E-state index in [1.165, 1.54) is 0 Å². The molecule has 1 saturated heterocycles. The first-order valence-electron chi connectivity index (χ1n) is 4.21. The number of hydrogen-bond donors (Lipinski definition) is 1. The van der Waals surface area contributed by atoms with Crippen molar-refractivity contribution >= 4 is 0 Å². The fourth-order valence-corrected chi connectivity index (χ4v) is 1.52. The molecule has 1 aliphatic heterocycles. The molecule has 0 spiro atoms. The van der Waals surface area contributed by atoms with E-state index in [0.717, 1.165) is 32.8 Å². The van der Waals surface area contributed by atoms with Gasteiger partial charge in [0, 0.05) is 39.2 Å². The van der Waals surface area contributed by atoms with Gasteiger partial charge in [-0.3, -0.25) is 0 Å². The second-order valence-corrected chi connectivity index (χ2v) is 3.29. The Labute approximate surface area is 68.7 Å². The lowest BCUT2D eigenvalue weighted by Crippen LogP contribution is -2.28. The Hall–Kier alpha value is -0.120. The molecule has 0 aliphatic carbocycles. The third-order valence-corrected chi connectivity index (χ3v) is 2.08. The molecule has 0 unspecified atom stereocenters. The average molecular weight is 158 g/mol. The van der Waals surface area contributed by atoms with Crippen LogP contribution in [0.5, 0.6) is 0 Å². The van der Waals surface area contributed by atoms with Gasteiger partial charge >= 0.3 is 0 Å². The van der Waals surface area contributed by atoms with E-state index >= 15 is 0 Å². The molecular formula is C8H18N2O. The van der Waals surface area contributed by atoms with Gasteiger partial charge in [0.2, 0.25) is 0 Å². The molecule has 3 nitrogen and oxygen atoms in total. The van der Waals surface area contributed by atoms with Gasteiger partial charge in [0.1, 0.15) is 0 Å². The molecule has 0 aromatic rings. The molecule has 1 N–H and O–H groups in total. The molecule has 0 bridgehead atoms. The summed E-state index contributed by atoms with van der Waals surface area (Å²) in [5.74, 6) is 0.660. The van der Waals surface area contributed by atoms with Crippen LogP contribution in [0.1, 0.15) is 0 Å². The first-order valence-corrected chi connectivity index (χ1v) is 4.21. The smallest absolute Gasteiger partial charge is 0.0514 e. The zero-order chi connectivity index (χ0) is 8.10. The van der Waals surface area contributed by atoms with Gasteiger partial charge in [-0.2, -0.15) is 0 Å². The lowest BCUT2D eigenvalue weighted by molar-refractivity contribution is 0.138. The van der Waals surface area contributed by atoms with Crippen molar-refractivity contribution in [2.45, 2.75) is 0 Å². The fraction of sp³-hybridized carbons (Fsp3) is 1.00. The summed E-state index contributed by atoms with van der Waals surface area (Å²) >= 11 is 0. The van der Waals surface area contributed by atoms with Crippen molar-refractivity contribution in [3.05, 3.63) is 0 Å². The number of ether oxygens (including phenoxy) is 1. The molecule has 11 heavy (non-hydrogen) atoms. The Morgan fingerprint density at radius 1 is 1.64 bits per heavy atom. The van der Waals surface area contributed by atoms with Crippen LogP contribution < -0.4 is 5.32 Å². The van der Waals surface area contributed by atoms with Crippen molar-refractivity contribution in [3.63, 3.8) is 0 Å². The maximum absolute atomic E-state index is 5.12. The first-order chi connectivity index (χ1) is 5.33. The third kappa shape index (κ3) is 3.18. The van der Waals surface area contributed by atoms with E-state index in [2.05, 4.69) is 17.3 Å². The summed E-state index contributed by atoms with van der Waals surface area (Å²) in [7, 11) is 3.93. The number of rotatable bonds is 2. The van der Waals surface area contributed by atoms with Gasteiger partial charge in [0.05, 0.1) is 6.61 Å². The number of nitrogens with one attached hydrogen (secondary N) is 1. The fourth-order valence-electron chi connectivity index (χ4n) is 1.52. The highest BCUT2D eigenvalue weighted by molar-refractivity contribution is 4.70. The summed E-state index contributed by atoms with van der Waals surface area (Å²) in [6, 6.07) is 0. The Kier molecular flexibility index (Phi) is 3.83. The lowest BCUT2D eigenvalue weighted by atomic mass is 10.1. The largest absolute Gasteiger partial charge is 0.384 e. The van der Waals surface area contributed by atoms with E-state index in [1.807, 2.05) is 0 Å². The zero-order valence-electron chi connectivity index (χ0n) is 7.47. The number of methoxy groups -OCH3 is 1. The van der Waals surface area contributed by atoms with Gasteiger partial charge in [-0.15, -0.1) is 0 Å². The molecule has 0 aromatic heterocycles. The number of hydrogen-bond acceptors (Lipinski definition) is 3. The van der Waals surface area contributed by atoms with Gasteiger partial charge in [-0.05, 0) is 7.05 Å². The molecule has 1 atom stereocenters. The van der Waals surface area contributed by atoms with Gasteiger partial charge in [-0.25, -0.2) is 0 Å². The summed E-state index contributed by atoms with van der Waals surface area (Å²) in [4.78, 5) is 2.35. The average Bonchev–Trinajstić information content (AvgIpc) is 2.15. The van der Waals surface area contributed by atoms with Crippen molar-refractivity contribution in [2.24, 2.45) is 5.92 Å². The second kappa shape index (κ2) is 4.70. The van der Waals surface area contributed by atoms with Gasteiger partial charge in [-0.1, -0.05) is 0 Å². The summed E-state index contributed by atoms with van der Waals surface area (Å²) in [5, 5.41) is 3.39.